The quantitative estimate of drug-likeness (QED) is 0.667. The van der Waals surface area contributed by atoms with Gasteiger partial charge in [-0.1, -0.05) is 0 Å². The zero-order chi connectivity index (χ0) is 12.3. The van der Waals surface area contributed by atoms with Crippen LogP contribution in [0.5, 0.6) is 6.01 Å². The van der Waals surface area contributed by atoms with E-state index < -0.39 is 7.12 Å². The number of hydrogen-bond acceptors (Lipinski definition) is 6. The van der Waals surface area contributed by atoms with Gasteiger partial charge in [0.05, 0.1) is 7.11 Å². The van der Waals surface area contributed by atoms with Crippen LogP contribution >= 0.6 is 0 Å². The summed E-state index contributed by atoms with van der Waals surface area (Å²) in [5.74, 6) is 0.562. The minimum atomic E-state index is -1.56. The summed E-state index contributed by atoms with van der Waals surface area (Å²) in [6.07, 6.45) is 4.79. The maximum atomic E-state index is 9.31. The van der Waals surface area contributed by atoms with Crippen LogP contribution in [0, 0.1) is 0 Å². The van der Waals surface area contributed by atoms with E-state index in [0.29, 0.717) is 11.3 Å². The summed E-state index contributed by atoms with van der Waals surface area (Å²) in [5, 5.41) is 18.6. The van der Waals surface area contributed by atoms with Crippen molar-refractivity contribution in [1.82, 2.24) is 9.97 Å². The number of methoxy groups -OCH3 is 1. The first-order valence-electron chi connectivity index (χ1n) is 5.74. The molecule has 2 N–H and O–H groups in total. The molecule has 92 valence electrons. The summed E-state index contributed by atoms with van der Waals surface area (Å²) in [6, 6.07) is 0.245. The fourth-order valence-corrected chi connectivity index (χ4v) is 2.01. The van der Waals surface area contributed by atoms with Crippen LogP contribution in [0.25, 0.3) is 0 Å². The maximum Gasteiger partial charge on any atom is 0.493 e. The molecule has 0 bridgehead atoms. The number of hydrogen-bond donors (Lipinski definition) is 2. The van der Waals surface area contributed by atoms with Gasteiger partial charge in [0.25, 0.3) is 0 Å². The highest BCUT2D eigenvalue weighted by Gasteiger charge is 2.24. The predicted octanol–water partition coefficient (Wildman–Crippen LogP) is -0.845. The predicted molar refractivity (Wildman–Crippen MR) is 64.5 cm³/mol. The molecule has 1 aromatic rings. The molecule has 1 aliphatic rings. The van der Waals surface area contributed by atoms with Gasteiger partial charge in [0, 0.05) is 24.7 Å². The van der Waals surface area contributed by atoms with Gasteiger partial charge < -0.3 is 19.7 Å². The summed E-state index contributed by atoms with van der Waals surface area (Å²) >= 11 is 0. The number of ether oxygens (including phenoxy) is 1. The molecule has 0 unspecified atom stereocenters. The van der Waals surface area contributed by atoms with Crippen LogP contribution in [-0.2, 0) is 0 Å². The van der Waals surface area contributed by atoms with Crippen LogP contribution in [0.4, 0.5) is 5.82 Å². The fourth-order valence-electron chi connectivity index (χ4n) is 2.01. The maximum absolute atomic E-state index is 9.31. The lowest BCUT2D eigenvalue weighted by Gasteiger charge is -2.29. The molecule has 7 heteroatoms. The van der Waals surface area contributed by atoms with Gasteiger partial charge in [0.1, 0.15) is 5.82 Å². The molecule has 0 atom stereocenters. The Morgan fingerprint density at radius 3 is 2.59 bits per heavy atom. The average molecular weight is 237 g/mol. The number of piperidine rings is 1. The second-order valence-electron chi connectivity index (χ2n) is 4.06. The molecular weight excluding hydrogens is 221 g/mol. The molecule has 17 heavy (non-hydrogen) atoms. The van der Waals surface area contributed by atoms with Crippen molar-refractivity contribution in [3.05, 3.63) is 6.20 Å². The van der Waals surface area contributed by atoms with Crippen LogP contribution in [0.15, 0.2) is 6.20 Å². The molecule has 0 aromatic carbocycles. The largest absolute Gasteiger partial charge is 0.493 e. The standard InChI is InChI=1S/C10H16BN3O3/c1-17-10-12-7-8(11(15)16)9(13-10)14-5-3-2-4-6-14/h7,15-16H,2-6H2,1H3. The summed E-state index contributed by atoms with van der Waals surface area (Å²) in [6.45, 7) is 1.75. The van der Waals surface area contributed by atoms with E-state index in [1.807, 2.05) is 4.90 Å². The van der Waals surface area contributed by atoms with E-state index in [1.54, 1.807) is 0 Å². The zero-order valence-electron chi connectivity index (χ0n) is 9.83. The van der Waals surface area contributed by atoms with Gasteiger partial charge in [-0.3, -0.25) is 0 Å². The molecule has 0 aliphatic carbocycles. The number of nitrogens with zero attached hydrogens (tertiary/aromatic N) is 3. The van der Waals surface area contributed by atoms with Crippen molar-refractivity contribution in [1.29, 1.82) is 0 Å². The van der Waals surface area contributed by atoms with E-state index in [4.69, 9.17) is 4.74 Å². The molecule has 0 radical (unpaired) electrons. The molecule has 6 nitrogen and oxygen atoms in total. The van der Waals surface area contributed by atoms with Gasteiger partial charge in [0.2, 0.25) is 0 Å². The van der Waals surface area contributed by atoms with Crippen molar-refractivity contribution in [2.45, 2.75) is 19.3 Å². The van der Waals surface area contributed by atoms with Crippen molar-refractivity contribution in [2.75, 3.05) is 25.1 Å². The Labute approximate surface area is 100 Å². The van der Waals surface area contributed by atoms with Crippen molar-refractivity contribution >= 4 is 18.4 Å². The first-order valence-corrected chi connectivity index (χ1v) is 5.74. The summed E-state index contributed by atoms with van der Waals surface area (Å²) < 4.78 is 4.97. The van der Waals surface area contributed by atoms with Gasteiger partial charge in [-0.05, 0) is 19.3 Å². The van der Waals surface area contributed by atoms with Crippen molar-refractivity contribution in [3.63, 3.8) is 0 Å². The molecule has 0 amide bonds. The highest BCUT2D eigenvalue weighted by molar-refractivity contribution is 6.60. The number of aromatic nitrogens is 2. The zero-order valence-corrected chi connectivity index (χ0v) is 9.83. The van der Waals surface area contributed by atoms with E-state index in [2.05, 4.69) is 9.97 Å². The fraction of sp³-hybridized carbons (Fsp3) is 0.600. The van der Waals surface area contributed by atoms with E-state index >= 15 is 0 Å². The molecule has 0 saturated carbocycles. The highest BCUT2D eigenvalue weighted by atomic mass is 16.5. The van der Waals surface area contributed by atoms with Gasteiger partial charge in [-0.25, -0.2) is 4.98 Å². The minimum Gasteiger partial charge on any atom is -0.467 e. The van der Waals surface area contributed by atoms with Gasteiger partial charge in [-0.15, -0.1) is 0 Å². The second-order valence-corrected chi connectivity index (χ2v) is 4.06. The first kappa shape index (κ1) is 12.1. The van der Waals surface area contributed by atoms with Gasteiger partial charge >= 0.3 is 13.1 Å². The Morgan fingerprint density at radius 2 is 2.00 bits per heavy atom. The van der Waals surface area contributed by atoms with Gasteiger partial charge in [-0.2, -0.15) is 4.98 Å². The molecular formula is C10H16BN3O3. The van der Waals surface area contributed by atoms with Crippen molar-refractivity contribution in [2.24, 2.45) is 0 Å². The van der Waals surface area contributed by atoms with Crippen molar-refractivity contribution < 1.29 is 14.8 Å². The topological polar surface area (TPSA) is 78.7 Å². The van der Waals surface area contributed by atoms with E-state index in [0.717, 1.165) is 25.9 Å². The van der Waals surface area contributed by atoms with E-state index in [9.17, 15) is 10.0 Å². The Morgan fingerprint density at radius 1 is 1.29 bits per heavy atom. The lowest BCUT2D eigenvalue weighted by molar-refractivity contribution is 0.379. The van der Waals surface area contributed by atoms with Crippen molar-refractivity contribution in [3.8, 4) is 6.01 Å². The lowest BCUT2D eigenvalue weighted by Crippen LogP contribution is -2.40. The SMILES string of the molecule is COc1ncc(B(O)O)c(N2CCCCC2)n1. The molecule has 1 aromatic heterocycles. The highest BCUT2D eigenvalue weighted by Crippen LogP contribution is 2.17. The third-order valence-corrected chi connectivity index (χ3v) is 2.89. The summed E-state index contributed by atoms with van der Waals surface area (Å²) in [4.78, 5) is 10.1. The second kappa shape index (κ2) is 5.33. The van der Waals surface area contributed by atoms with Gasteiger partial charge in [0.15, 0.2) is 0 Å². The summed E-state index contributed by atoms with van der Waals surface area (Å²) in [7, 11) is -0.0671. The number of rotatable bonds is 3. The summed E-state index contributed by atoms with van der Waals surface area (Å²) in [5.41, 5.74) is 0.327. The molecule has 2 rings (SSSR count). The van der Waals surface area contributed by atoms with E-state index in [1.165, 1.54) is 19.7 Å². The molecule has 2 heterocycles. The van der Waals surface area contributed by atoms with E-state index in [-0.39, 0.29) is 6.01 Å². The van der Waals surface area contributed by atoms with Crippen LogP contribution in [0.1, 0.15) is 19.3 Å². The van der Waals surface area contributed by atoms with Crippen LogP contribution in [-0.4, -0.2) is 47.3 Å². The number of anilines is 1. The third-order valence-electron chi connectivity index (χ3n) is 2.89. The first-order chi connectivity index (χ1) is 8.22. The minimum absolute atomic E-state index is 0.245. The normalized spacial score (nSPS) is 15.8. The average Bonchev–Trinajstić information content (AvgIpc) is 2.39. The molecule has 1 fully saturated rings. The van der Waals surface area contributed by atoms with Crippen LogP contribution in [0.2, 0.25) is 0 Å². The smallest absolute Gasteiger partial charge is 0.467 e. The van der Waals surface area contributed by atoms with Crippen LogP contribution < -0.4 is 15.1 Å². The third kappa shape index (κ3) is 2.67. The lowest BCUT2D eigenvalue weighted by atomic mass is 9.81. The Hall–Kier alpha value is -1.34. The Bertz CT molecular complexity index is 383. The molecule has 1 saturated heterocycles. The Balaban J connectivity index is 2.33. The van der Waals surface area contributed by atoms with Crippen LogP contribution in [0.3, 0.4) is 0 Å². The molecule has 1 aliphatic heterocycles. The molecule has 0 spiro atoms. The Kier molecular flexibility index (Phi) is 3.80. The monoisotopic (exact) mass is 237 g/mol.